The Morgan fingerprint density at radius 1 is 1.15 bits per heavy atom. The van der Waals surface area contributed by atoms with Crippen molar-refractivity contribution < 1.29 is 13.2 Å². The van der Waals surface area contributed by atoms with Crippen molar-refractivity contribution in [2.45, 2.75) is 32.5 Å². The highest BCUT2D eigenvalue weighted by atomic mass is 19.4. The lowest BCUT2D eigenvalue weighted by atomic mass is 10.0. The lowest BCUT2D eigenvalue weighted by molar-refractivity contribution is -0.151. The van der Waals surface area contributed by atoms with Crippen molar-refractivity contribution in [2.75, 3.05) is 26.2 Å². The molecule has 1 rings (SSSR count). The minimum absolute atomic E-state index is 0.252. The summed E-state index contributed by atoms with van der Waals surface area (Å²) in [6.07, 6.45) is -3.47. The Morgan fingerprint density at radius 3 is 2.30 bits per heavy atom. The molecule has 20 heavy (non-hydrogen) atoms. The van der Waals surface area contributed by atoms with E-state index in [1.165, 1.54) is 4.90 Å². The van der Waals surface area contributed by atoms with Gasteiger partial charge in [-0.25, -0.2) is 0 Å². The van der Waals surface area contributed by atoms with Gasteiger partial charge < -0.3 is 5.32 Å². The van der Waals surface area contributed by atoms with Crippen molar-refractivity contribution >= 4 is 0 Å². The first kappa shape index (κ1) is 17.0. The molecule has 0 bridgehead atoms. The first-order chi connectivity index (χ1) is 9.48. The summed E-state index contributed by atoms with van der Waals surface area (Å²) < 4.78 is 38.3. The van der Waals surface area contributed by atoms with E-state index in [9.17, 15) is 13.2 Å². The van der Waals surface area contributed by atoms with Crippen LogP contribution in [0.25, 0.3) is 0 Å². The maximum absolute atomic E-state index is 12.8. The topological polar surface area (TPSA) is 15.3 Å². The van der Waals surface area contributed by atoms with E-state index in [-0.39, 0.29) is 6.04 Å². The first-order valence-corrected chi connectivity index (χ1v) is 7.04. The highest BCUT2D eigenvalue weighted by Crippen LogP contribution is 2.25. The zero-order chi connectivity index (χ0) is 15.0. The lowest BCUT2D eigenvalue weighted by Crippen LogP contribution is -2.41. The third-order valence-corrected chi connectivity index (χ3v) is 3.11. The molecule has 0 heterocycles. The first-order valence-electron chi connectivity index (χ1n) is 7.04. The molecule has 0 spiro atoms. The summed E-state index contributed by atoms with van der Waals surface area (Å²) in [5, 5.41) is 3.16. The van der Waals surface area contributed by atoms with Gasteiger partial charge >= 0.3 is 6.18 Å². The minimum Gasteiger partial charge on any atom is -0.315 e. The Bertz CT molecular complexity index is 365. The Hall–Kier alpha value is -1.07. The largest absolute Gasteiger partial charge is 0.401 e. The summed E-state index contributed by atoms with van der Waals surface area (Å²) >= 11 is 0. The standard InChI is InChI=1S/C15H23F3N2/c1-3-10-20(12-15(16,17)18)14(11-19-4-2)13-8-6-5-7-9-13/h5-9,14,19H,3-4,10-12H2,1-2H3. The van der Waals surface area contributed by atoms with Gasteiger partial charge in [-0.05, 0) is 25.1 Å². The van der Waals surface area contributed by atoms with Crippen LogP contribution in [0.15, 0.2) is 30.3 Å². The smallest absolute Gasteiger partial charge is 0.315 e. The molecule has 0 saturated heterocycles. The van der Waals surface area contributed by atoms with Crippen LogP contribution in [-0.2, 0) is 0 Å². The van der Waals surface area contributed by atoms with Crippen LogP contribution in [0.1, 0.15) is 31.9 Å². The molecule has 0 saturated carbocycles. The molecule has 1 N–H and O–H groups in total. The molecule has 0 radical (unpaired) electrons. The third kappa shape index (κ3) is 5.92. The molecule has 0 aliphatic heterocycles. The number of likely N-dealkylation sites (N-methyl/N-ethyl adjacent to an activating group) is 1. The molecular weight excluding hydrogens is 265 g/mol. The van der Waals surface area contributed by atoms with Gasteiger partial charge in [-0.15, -0.1) is 0 Å². The van der Waals surface area contributed by atoms with E-state index < -0.39 is 12.7 Å². The van der Waals surface area contributed by atoms with E-state index in [0.717, 1.165) is 12.1 Å². The molecule has 5 heteroatoms. The van der Waals surface area contributed by atoms with Gasteiger partial charge in [-0.2, -0.15) is 13.2 Å². The third-order valence-electron chi connectivity index (χ3n) is 3.11. The van der Waals surface area contributed by atoms with Gasteiger partial charge in [-0.3, -0.25) is 4.90 Å². The summed E-state index contributed by atoms with van der Waals surface area (Å²) in [6.45, 7) is 4.69. The van der Waals surface area contributed by atoms with Crippen LogP contribution in [0.5, 0.6) is 0 Å². The number of halogens is 3. The highest BCUT2D eigenvalue weighted by molar-refractivity contribution is 5.19. The van der Waals surface area contributed by atoms with Gasteiger partial charge in [0.1, 0.15) is 0 Å². The lowest BCUT2D eigenvalue weighted by Gasteiger charge is -2.32. The fourth-order valence-corrected chi connectivity index (χ4v) is 2.28. The van der Waals surface area contributed by atoms with Crippen molar-refractivity contribution in [3.8, 4) is 0 Å². The van der Waals surface area contributed by atoms with Crippen LogP contribution < -0.4 is 5.32 Å². The van der Waals surface area contributed by atoms with E-state index >= 15 is 0 Å². The quantitative estimate of drug-likeness (QED) is 0.786. The zero-order valence-corrected chi connectivity index (χ0v) is 12.1. The van der Waals surface area contributed by atoms with Gasteiger partial charge in [-0.1, -0.05) is 44.2 Å². The van der Waals surface area contributed by atoms with Crippen molar-refractivity contribution in [1.82, 2.24) is 10.2 Å². The number of benzene rings is 1. The van der Waals surface area contributed by atoms with E-state index in [1.807, 2.05) is 44.2 Å². The van der Waals surface area contributed by atoms with Crippen LogP contribution in [-0.4, -0.2) is 37.3 Å². The number of alkyl halides is 3. The Balaban J connectivity index is 2.92. The molecule has 0 aromatic heterocycles. The average molecular weight is 288 g/mol. The fraction of sp³-hybridized carbons (Fsp3) is 0.600. The van der Waals surface area contributed by atoms with Crippen LogP contribution in [0.3, 0.4) is 0 Å². The molecule has 1 aromatic carbocycles. The molecule has 1 unspecified atom stereocenters. The number of rotatable bonds is 8. The second-order valence-electron chi connectivity index (χ2n) is 4.82. The maximum Gasteiger partial charge on any atom is 0.401 e. The second-order valence-corrected chi connectivity index (χ2v) is 4.82. The average Bonchev–Trinajstić information content (AvgIpc) is 2.39. The molecule has 0 aliphatic carbocycles. The summed E-state index contributed by atoms with van der Waals surface area (Å²) in [7, 11) is 0. The maximum atomic E-state index is 12.8. The number of hydrogen-bond acceptors (Lipinski definition) is 2. The molecule has 1 aromatic rings. The second kappa shape index (κ2) is 8.27. The van der Waals surface area contributed by atoms with Gasteiger partial charge in [0.05, 0.1) is 6.54 Å². The van der Waals surface area contributed by atoms with Crippen molar-refractivity contribution in [2.24, 2.45) is 0 Å². The van der Waals surface area contributed by atoms with Crippen molar-refractivity contribution in [3.63, 3.8) is 0 Å². The van der Waals surface area contributed by atoms with Gasteiger partial charge in [0, 0.05) is 12.6 Å². The monoisotopic (exact) mass is 288 g/mol. The molecule has 0 fully saturated rings. The Morgan fingerprint density at radius 2 is 1.80 bits per heavy atom. The van der Waals surface area contributed by atoms with Crippen molar-refractivity contribution in [1.29, 1.82) is 0 Å². The molecule has 2 nitrogen and oxygen atoms in total. The van der Waals surface area contributed by atoms with Crippen LogP contribution >= 0.6 is 0 Å². The number of nitrogens with zero attached hydrogens (tertiary/aromatic N) is 1. The predicted octanol–water partition coefficient (Wildman–Crippen LogP) is 3.61. The van der Waals surface area contributed by atoms with Gasteiger partial charge in [0.2, 0.25) is 0 Å². The number of hydrogen-bond donors (Lipinski definition) is 1. The Labute approximate surface area is 119 Å². The predicted molar refractivity (Wildman–Crippen MR) is 75.6 cm³/mol. The van der Waals surface area contributed by atoms with Crippen LogP contribution in [0.2, 0.25) is 0 Å². The fourth-order valence-electron chi connectivity index (χ4n) is 2.28. The molecule has 0 aliphatic rings. The summed E-state index contributed by atoms with van der Waals surface area (Å²) in [5.41, 5.74) is 0.922. The van der Waals surface area contributed by atoms with Gasteiger partial charge in [0.25, 0.3) is 0 Å². The highest BCUT2D eigenvalue weighted by Gasteiger charge is 2.33. The normalized spacial score (nSPS) is 13.7. The van der Waals surface area contributed by atoms with Crippen LogP contribution in [0, 0.1) is 0 Å². The summed E-state index contributed by atoms with van der Waals surface area (Å²) in [4.78, 5) is 1.51. The number of nitrogens with one attached hydrogen (secondary N) is 1. The zero-order valence-electron chi connectivity index (χ0n) is 12.1. The molecule has 0 amide bonds. The van der Waals surface area contributed by atoms with E-state index in [0.29, 0.717) is 19.5 Å². The summed E-state index contributed by atoms with van der Waals surface area (Å²) in [5.74, 6) is 0. The molecule has 1 atom stereocenters. The van der Waals surface area contributed by atoms with E-state index in [1.54, 1.807) is 0 Å². The molecular formula is C15H23F3N2. The Kier molecular flexibility index (Phi) is 7.02. The molecule has 114 valence electrons. The van der Waals surface area contributed by atoms with E-state index in [2.05, 4.69) is 5.32 Å². The van der Waals surface area contributed by atoms with Gasteiger partial charge in [0.15, 0.2) is 0 Å². The summed E-state index contributed by atoms with van der Waals surface area (Å²) in [6, 6.07) is 9.14. The van der Waals surface area contributed by atoms with E-state index in [4.69, 9.17) is 0 Å². The van der Waals surface area contributed by atoms with Crippen LogP contribution in [0.4, 0.5) is 13.2 Å². The van der Waals surface area contributed by atoms with Crippen molar-refractivity contribution in [3.05, 3.63) is 35.9 Å². The minimum atomic E-state index is -4.17. The SMILES string of the molecule is CCCN(CC(F)(F)F)C(CNCC)c1ccccc1.